The molecule has 0 radical (unpaired) electrons. The molecule has 0 heterocycles. The van der Waals surface area contributed by atoms with E-state index in [1.54, 1.807) is 6.08 Å². The molecule has 0 fully saturated rings. The molecular formula is C10H14O2. The predicted molar refractivity (Wildman–Crippen MR) is 47.8 cm³/mol. The van der Waals surface area contributed by atoms with E-state index in [0.717, 1.165) is 0 Å². The Labute approximate surface area is 72.6 Å². The van der Waals surface area contributed by atoms with Gasteiger partial charge in [-0.3, -0.25) is 0 Å². The Morgan fingerprint density at radius 1 is 1.50 bits per heavy atom. The van der Waals surface area contributed by atoms with E-state index < -0.39 is 5.97 Å². The third-order valence-corrected chi connectivity index (χ3v) is 2.09. The van der Waals surface area contributed by atoms with Crippen molar-refractivity contribution in [2.75, 3.05) is 0 Å². The van der Waals surface area contributed by atoms with Crippen LogP contribution in [0.25, 0.3) is 0 Å². The summed E-state index contributed by atoms with van der Waals surface area (Å²) in [6.07, 6.45) is 5.43. The van der Waals surface area contributed by atoms with Gasteiger partial charge in [-0.2, -0.15) is 0 Å². The van der Waals surface area contributed by atoms with Crippen molar-refractivity contribution in [3.05, 3.63) is 23.8 Å². The normalized spacial score (nSPS) is 22.6. The Kier molecular flexibility index (Phi) is 2.09. The Morgan fingerprint density at radius 2 is 2.08 bits per heavy atom. The summed E-state index contributed by atoms with van der Waals surface area (Å²) < 4.78 is 0. The molecule has 0 saturated carbocycles. The Bertz CT molecular complexity index is 254. The van der Waals surface area contributed by atoms with Gasteiger partial charge >= 0.3 is 5.97 Å². The second-order valence-corrected chi connectivity index (χ2v) is 4.18. The predicted octanol–water partition coefficient (Wildman–Crippen LogP) is 2.23. The van der Waals surface area contributed by atoms with Gasteiger partial charge in [-0.1, -0.05) is 39.0 Å². The average Bonchev–Trinajstić information content (AvgIpc) is 2.30. The molecule has 0 spiro atoms. The van der Waals surface area contributed by atoms with E-state index in [-0.39, 0.29) is 11.3 Å². The van der Waals surface area contributed by atoms with Crippen molar-refractivity contribution in [2.24, 2.45) is 11.3 Å². The lowest BCUT2D eigenvalue weighted by Crippen LogP contribution is -2.15. The summed E-state index contributed by atoms with van der Waals surface area (Å²) in [6.45, 7) is 6.30. The largest absolute Gasteiger partial charge is 0.478 e. The van der Waals surface area contributed by atoms with Crippen molar-refractivity contribution in [1.29, 1.82) is 0 Å². The van der Waals surface area contributed by atoms with Crippen molar-refractivity contribution in [3.63, 3.8) is 0 Å². The van der Waals surface area contributed by atoms with Gasteiger partial charge in [0.2, 0.25) is 0 Å². The second kappa shape index (κ2) is 2.77. The summed E-state index contributed by atoms with van der Waals surface area (Å²) >= 11 is 0. The zero-order valence-corrected chi connectivity index (χ0v) is 7.66. The molecule has 0 amide bonds. The number of rotatable bonds is 1. The van der Waals surface area contributed by atoms with Crippen LogP contribution in [0.3, 0.4) is 0 Å². The molecule has 0 aromatic carbocycles. The number of allylic oxidation sites excluding steroid dienone is 2. The number of carbonyl (C=O) groups is 1. The molecule has 1 aliphatic rings. The summed E-state index contributed by atoms with van der Waals surface area (Å²) in [5, 5.41) is 8.68. The summed E-state index contributed by atoms with van der Waals surface area (Å²) in [5.41, 5.74) is 0.531. The first kappa shape index (κ1) is 9.04. The lowest BCUT2D eigenvalue weighted by atomic mass is 9.82. The molecule has 0 aliphatic heterocycles. The minimum atomic E-state index is -0.835. The average molecular weight is 166 g/mol. The summed E-state index contributed by atoms with van der Waals surface area (Å²) in [4.78, 5) is 10.6. The van der Waals surface area contributed by atoms with E-state index in [1.807, 2.05) is 12.2 Å². The van der Waals surface area contributed by atoms with Gasteiger partial charge in [-0.15, -0.1) is 0 Å². The fraction of sp³-hybridized carbons (Fsp3) is 0.500. The lowest BCUT2D eigenvalue weighted by Gasteiger charge is -2.23. The fourth-order valence-electron chi connectivity index (χ4n) is 1.19. The van der Waals surface area contributed by atoms with Gasteiger partial charge in [-0.05, 0) is 5.41 Å². The first-order valence-corrected chi connectivity index (χ1v) is 4.04. The lowest BCUT2D eigenvalue weighted by molar-refractivity contribution is -0.132. The molecule has 0 bridgehead atoms. The standard InChI is InChI=1S/C10H14O2/c1-10(2,3)8-5-4-7(6-8)9(11)12/h4-6,8H,1-3H3,(H,11,12). The molecule has 2 nitrogen and oxygen atoms in total. The van der Waals surface area contributed by atoms with E-state index in [1.165, 1.54) is 0 Å². The van der Waals surface area contributed by atoms with E-state index in [2.05, 4.69) is 20.8 Å². The topological polar surface area (TPSA) is 37.3 Å². The van der Waals surface area contributed by atoms with Crippen LogP contribution in [0.4, 0.5) is 0 Å². The van der Waals surface area contributed by atoms with Gasteiger partial charge in [0, 0.05) is 5.92 Å². The van der Waals surface area contributed by atoms with E-state index in [4.69, 9.17) is 5.11 Å². The second-order valence-electron chi connectivity index (χ2n) is 4.18. The monoisotopic (exact) mass is 166 g/mol. The number of carboxylic acids is 1. The minimum Gasteiger partial charge on any atom is -0.478 e. The highest BCUT2D eigenvalue weighted by molar-refractivity contribution is 5.90. The molecule has 0 aromatic heterocycles. The van der Waals surface area contributed by atoms with Crippen LogP contribution in [0.1, 0.15) is 20.8 Å². The van der Waals surface area contributed by atoms with Crippen molar-refractivity contribution in [2.45, 2.75) is 20.8 Å². The van der Waals surface area contributed by atoms with Gasteiger partial charge in [0.25, 0.3) is 0 Å². The zero-order valence-electron chi connectivity index (χ0n) is 7.66. The summed E-state index contributed by atoms with van der Waals surface area (Å²) in [5.74, 6) is -0.582. The zero-order chi connectivity index (χ0) is 9.35. The molecule has 0 aromatic rings. The summed E-state index contributed by atoms with van der Waals surface area (Å²) in [7, 11) is 0. The highest BCUT2D eigenvalue weighted by Gasteiger charge is 2.24. The molecule has 1 unspecified atom stereocenters. The van der Waals surface area contributed by atoms with Gasteiger partial charge in [-0.25, -0.2) is 4.79 Å². The highest BCUT2D eigenvalue weighted by Crippen LogP contribution is 2.32. The van der Waals surface area contributed by atoms with Gasteiger partial charge < -0.3 is 5.11 Å². The molecule has 12 heavy (non-hydrogen) atoms. The first-order chi connectivity index (χ1) is 5.41. The molecular weight excluding hydrogens is 152 g/mol. The quantitative estimate of drug-likeness (QED) is 0.648. The van der Waals surface area contributed by atoms with E-state index in [0.29, 0.717) is 5.57 Å². The number of hydrogen-bond donors (Lipinski definition) is 1. The van der Waals surface area contributed by atoms with Crippen LogP contribution in [-0.4, -0.2) is 11.1 Å². The molecule has 1 atom stereocenters. The van der Waals surface area contributed by atoms with Crippen molar-refractivity contribution in [1.82, 2.24) is 0 Å². The van der Waals surface area contributed by atoms with Gasteiger partial charge in [0.1, 0.15) is 0 Å². The molecule has 1 aliphatic carbocycles. The first-order valence-electron chi connectivity index (χ1n) is 4.04. The van der Waals surface area contributed by atoms with Crippen LogP contribution >= 0.6 is 0 Å². The smallest absolute Gasteiger partial charge is 0.335 e. The minimum absolute atomic E-state index is 0.119. The fourth-order valence-corrected chi connectivity index (χ4v) is 1.19. The third kappa shape index (κ3) is 1.76. The summed E-state index contributed by atoms with van der Waals surface area (Å²) in [6, 6.07) is 0. The van der Waals surface area contributed by atoms with Crippen LogP contribution in [-0.2, 0) is 4.79 Å². The third-order valence-electron chi connectivity index (χ3n) is 2.09. The Hall–Kier alpha value is -1.05. The van der Waals surface area contributed by atoms with E-state index in [9.17, 15) is 4.79 Å². The maximum Gasteiger partial charge on any atom is 0.335 e. The van der Waals surface area contributed by atoms with Crippen LogP contribution in [0.2, 0.25) is 0 Å². The van der Waals surface area contributed by atoms with Crippen molar-refractivity contribution in [3.8, 4) is 0 Å². The maximum absolute atomic E-state index is 10.6. The number of hydrogen-bond acceptors (Lipinski definition) is 1. The van der Waals surface area contributed by atoms with Crippen molar-refractivity contribution < 1.29 is 9.90 Å². The van der Waals surface area contributed by atoms with Crippen molar-refractivity contribution >= 4 is 5.97 Å². The molecule has 1 rings (SSSR count). The van der Waals surface area contributed by atoms with Gasteiger partial charge in [0.05, 0.1) is 5.57 Å². The Morgan fingerprint density at radius 3 is 2.33 bits per heavy atom. The highest BCUT2D eigenvalue weighted by atomic mass is 16.4. The molecule has 66 valence electrons. The maximum atomic E-state index is 10.6. The van der Waals surface area contributed by atoms with Crippen LogP contribution in [0.5, 0.6) is 0 Å². The Balaban J connectivity index is 2.80. The van der Waals surface area contributed by atoms with Crippen LogP contribution in [0, 0.1) is 11.3 Å². The molecule has 2 heteroatoms. The molecule has 1 N–H and O–H groups in total. The SMILES string of the molecule is CC(C)(C)C1C=CC(C(=O)O)=C1. The number of aliphatic carboxylic acids is 1. The number of carboxylic acid groups (broad SMARTS) is 1. The molecule has 0 saturated heterocycles. The van der Waals surface area contributed by atoms with Crippen LogP contribution < -0.4 is 0 Å². The van der Waals surface area contributed by atoms with Gasteiger partial charge in [0.15, 0.2) is 0 Å². The van der Waals surface area contributed by atoms with E-state index >= 15 is 0 Å². The van der Waals surface area contributed by atoms with Crippen LogP contribution in [0.15, 0.2) is 23.8 Å².